The van der Waals surface area contributed by atoms with E-state index >= 15 is 0 Å². The Morgan fingerprint density at radius 1 is 1.05 bits per heavy atom. The molecule has 0 bridgehead atoms. The van der Waals surface area contributed by atoms with Crippen molar-refractivity contribution in [3.8, 4) is 0 Å². The maximum absolute atomic E-state index is 12.0. The molecule has 44 heavy (non-hydrogen) atoms. The van der Waals surface area contributed by atoms with E-state index in [9.17, 15) is 4.79 Å². The molecule has 2 aliphatic rings. The minimum atomic E-state index is -0.194. The summed E-state index contributed by atoms with van der Waals surface area (Å²) in [6.07, 6.45) is 16.5. The summed E-state index contributed by atoms with van der Waals surface area (Å²) in [5.74, 6) is 1.78. The molecule has 2 saturated heterocycles. The number of hydrogen-bond donors (Lipinski definition) is 2. The first-order valence-corrected chi connectivity index (χ1v) is 16.9. The summed E-state index contributed by atoms with van der Waals surface area (Å²) < 4.78 is 7.44. The van der Waals surface area contributed by atoms with Gasteiger partial charge in [0.2, 0.25) is 0 Å². The molecule has 0 radical (unpaired) electrons. The van der Waals surface area contributed by atoms with Gasteiger partial charge in [0, 0.05) is 56.9 Å². The van der Waals surface area contributed by atoms with Crippen LogP contribution in [0, 0.1) is 5.41 Å². The van der Waals surface area contributed by atoms with Crippen LogP contribution in [0.5, 0.6) is 0 Å². The molecular formula is C35H53N7O2. The Balaban J connectivity index is 1.11. The fourth-order valence-electron chi connectivity index (χ4n) is 7.38. The zero-order valence-electron chi connectivity index (χ0n) is 27.1. The van der Waals surface area contributed by atoms with Crippen molar-refractivity contribution in [2.45, 2.75) is 97.3 Å². The molecule has 9 nitrogen and oxygen atoms in total. The molecule has 0 amide bonds. The van der Waals surface area contributed by atoms with Crippen LogP contribution in [-0.2, 0) is 35.5 Å². The lowest BCUT2D eigenvalue weighted by molar-refractivity contribution is -0.142. The molecule has 5 rings (SSSR count). The van der Waals surface area contributed by atoms with Crippen molar-refractivity contribution in [1.29, 1.82) is 0 Å². The second-order valence-corrected chi connectivity index (χ2v) is 12.8. The third-order valence-corrected chi connectivity index (χ3v) is 9.94. The van der Waals surface area contributed by atoms with Gasteiger partial charge in [0.25, 0.3) is 0 Å². The fourth-order valence-corrected chi connectivity index (χ4v) is 7.38. The van der Waals surface area contributed by atoms with Crippen molar-refractivity contribution in [2.24, 2.45) is 5.41 Å². The van der Waals surface area contributed by atoms with Crippen molar-refractivity contribution in [1.82, 2.24) is 34.6 Å². The molecule has 2 N–H and O–H groups in total. The molecule has 2 aliphatic heterocycles. The van der Waals surface area contributed by atoms with Crippen LogP contribution in [0.4, 0.5) is 0 Å². The standard InChI is InChI=1S/C35H53N7O2/c1-4-30(5-2)41-20-12-35(13-21-41)11-19-40(27-35)17-8-18-42-22-16-36-32(42)25-31(34-37-14-15-38-34)39-26-29-10-7-9-28(23-29)24-33(43)44-6-3/h7,9-10,14-16,22-23,30-31,39H,4-6,8,11-13,17-21,24-27H2,1-3H3,(H,37,38). The first-order chi connectivity index (χ1) is 21.5. The van der Waals surface area contributed by atoms with Gasteiger partial charge in [0.05, 0.1) is 19.1 Å². The predicted molar refractivity (Wildman–Crippen MR) is 174 cm³/mol. The number of carbonyl (C=O) groups is 1. The van der Waals surface area contributed by atoms with Gasteiger partial charge in [-0.3, -0.25) is 4.79 Å². The zero-order valence-corrected chi connectivity index (χ0v) is 27.1. The Morgan fingerprint density at radius 3 is 2.59 bits per heavy atom. The third kappa shape index (κ3) is 8.58. The number of H-pyrrole nitrogens is 1. The summed E-state index contributed by atoms with van der Waals surface area (Å²) >= 11 is 0. The van der Waals surface area contributed by atoms with Gasteiger partial charge >= 0.3 is 5.97 Å². The van der Waals surface area contributed by atoms with Gasteiger partial charge < -0.3 is 29.4 Å². The Labute approximate surface area is 263 Å². The highest BCUT2D eigenvalue weighted by atomic mass is 16.5. The molecule has 0 aliphatic carbocycles. The van der Waals surface area contributed by atoms with Gasteiger partial charge in [0.1, 0.15) is 11.6 Å². The first kappa shape index (κ1) is 32.4. The molecule has 1 spiro atoms. The molecule has 4 heterocycles. The van der Waals surface area contributed by atoms with Gasteiger partial charge in [-0.15, -0.1) is 0 Å². The number of nitrogens with zero attached hydrogens (tertiary/aromatic N) is 5. The van der Waals surface area contributed by atoms with E-state index in [1.807, 2.05) is 31.5 Å². The fraction of sp³-hybridized carbons (Fsp3) is 0.629. The van der Waals surface area contributed by atoms with E-state index in [0.29, 0.717) is 18.6 Å². The number of rotatable bonds is 16. The third-order valence-electron chi connectivity index (χ3n) is 9.94. The first-order valence-electron chi connectivity index (χ1n) is 16.9. The van der Waals surface area contributed by atoms with Crippen molar-refractivity contribution >= 4 is 5.97 Å². The number of benzene rings is 1. The van der Waals surface area contributed by atoms with E-state index in [-0.39, 0.29) is 18.4 Å². The second-order valence-electron chi connectivity index (χ2n) is 12.8. The lowest BCUT2D eigenvalue weighted by atomic mass is 9.77. The van der Waals surface area contributed by atoms with Gasteiger partial charge in [-0.2, -0.15) is 0 Å². The molecule has 9 heteroatoms. The molecule has 3 aromatic rings. The number of imidazole rings is 2. The highest BCUT2D eigenvalue weighted by Gasteiger charge is 2.40. The second kappa shape index (κ2) is 15.8. The molecule has 1 aromatic carbocycles. The smallest absolute Gasteiger partial charge is 0.310 e. The molecule has 1 atom stereocenters. The number of aryl methyl sites for hydroxylation is 1. The van der Waals surface area contributed by atoms with E-state index < -0.39 is 0 Å². The summed E-state index contributed by atoms with van der Waals surface area (Å²) in [6.45, 7) is 14.8. The average Bonchev–Trinajstić information content (AvgIpc) is 3.80. The zero-order chi connectivity index (χ0) is 30.8. The van der Waals surface area contributed by atoms with Crippen molar-refractivity contribution in [2.75, 3.05) is 39.3 Å². The van der Waals surface area contributed by atoms with Gasteiger partial charge in [-0.1, -0.05) is 38.1 Å². The molecule has 1 unspecified atom stereocenters. The summed E-state index contributed by atoms with van der Waals surface area (Å²) in [5.41, 5.74) is 2.63. The van der Waals surface area contributed by atoms with Crippen molar-refractivity contribution in [3.05, 3.63) is 71.8 Å². The number of ether oxygens (including phenoxy) is 1. The van der Waals surface area contributed by atoms with Gasteiger partial charge in [-0.05, 0) is 88.2 Å². The Kier molecular flexibility index (Phi) is 11.6. The summed E-state index contributed by atoms with van der Waals surface area (Å²) in [4.78, 5) is 30.1. The Hall–Kier alpha value is -3.01. The Morgan fingerprint density at radius 2 is 1.84 bits per heavy atom. The maximum Gasteiger partial charge on any atom is 0.310 e. The molecule has 2 fully saturated rings. The highest BCUT2D eigenvalue weighted by molar-refractivity contribution is 5.72. The average molecular weight is 604 g/mol. The van der Waals surface area contributed by atoms with Crippen molar-refractivity contribution in [3.63, 3.8) is 0 Å². The van der Waals surface area contributed by atoms with Gasteiger partial charge in [0.15, 0.2) is 0 Å². The van der Waals surface area contributed by atoms with E-state index in [4.69, 9.17) is 9.72 Å². The number of nitrogens with one attached hydrogen (secondary N) is 2. The van der Waals surface area contributed by atoms with E-state index in [0.717, 1.165) is 54.7 Å². The predicted octanol–water partition coefficient (Wildman–Crippen LogP) is 5.15. The van der Waals surface area contributed by atoms with Crippen LogP contribution < -0.4 is 5.32 Å². The summed E-state index contributed by atoms with van der Waals surface area (Å²) in [6, 6.07) is 8.89. The largest absolute Gasteiger partial charge is 0.466 e. The van der Waals surface area contributed by atoms with Gasteiger partial charge in [-0.25, -0.2) is 9.97 Å². The van der Waals surface area contributed by atoms with Crippen LogP contribution in [0.15, 0.2) is 49.1 Å². The maximum atomic E-state index is 12.0. The topological polar surface area (TPSA) is 91.3 Å². The normalized spacial score (nSPS) is 17.9. The lowest BCUT2D eigenvalue weighted by Gasteiger charge is -2.42. The van der Waals surface area contributed by atoms with Crippen LogP contribution >= 0.6 is 0 Å². The number of carbonyl (C=O) groups excluding carboxylic acids is 1. The van der Waals surface area contributed by atoms with E-state index in [1.165, 1.54) is 58.3 Å². The lowest BCUT2D eigenvalue weighted by Crippen LogP contribution is -2.45. The number of piperidine rings is 1. The van der Waals surface area contributed by atoms with Crippen LogP contribution in [0.3, 0.4) is 0 Å². The SMILES string of the molecule is CCOC(=O)Cc1cccc(CNC(Cc2nccn2CCCN2CCC3(CCN(C(CC)CC)CC3)C2)c2ncc[nH]2)c1. The van der Waals surface area contributed by atoms with Crippen LogP contribution in [0.1, 0.15) is 88.1 Å². The molecular weight excluding hydrogens is 550 g/mol. The molecule has 2 aromatic heterocycles. The highest BCUT2D eigenvalue weighted by Crippen LogP contribution is 2.41. The molecule has 240 valence electrons. The van der Waals surface area contributed by atoms with Crippen molar-refractivity contribution < 1.29 is 9.53 Å². The summed E-state index contributed by atoms with van der Waals surface area (Å²) in [5, 5.41) is 3.69. The quantitative estimate of drug-likeness (QED) is 0.219. The number of esters is 1. The van der Waals surface area contributed by atoms with Crippen LogP contribution in [-0.4, -0.2) is 80.7 Å². The number of hydrogen-bond acceptors (Lipinski definition) is 7. The van der Waals surface area contributed by atoms with E-state index in [1.54, 1.807) is 6.20 Å². The van der Waals surface area contributed by atoms with Crippen LogP contribution in [0.2, 0.25) is 0 Å². The number of aromatic nitrogens is 4. The molecule has 0 saturated carbocycles. The monoisotopic (exact) mass is 603 g/mol. The number of likely N-dealkylation sites (tertiary alicyclic amines) is 2. The Bertz CT molecular complexity index is 1280. The summed E-state index contributed by atoms with van der Waals surface area (Å²) in [7, 11) is 0. The van der Waals surface area contributed by atoms with E-state index in [2.05, 4.69) is 61.8 Å². The van der Waals surface area contributed by atoms with Crippen LogP contribution in [0.25, 0.3) is 0 Å². The minimum Gasteiger partial charge on any atom is -0.466 e. The minimum absolute atomic E-state index is 0.0100. The number of aromatic amines is 1.